The van der Waals surface area contributed by atoms with Crippen LogP contribution in [0.25, 0.3) is 0 Å². The van der Waals surface area contributed by atoms with Gasteiger partial charge < -0.3 is 47.9 Å². The van der Waals surface area contributed by atoms with Gasteiger partial charge in [0.05, 0.1) is 12.1 Å². The molecule has 9 N–H and O–H groups in total. The molecule has 0 radical (unpaired) electrons. The van der Waals surface area contributed by atoms with Gasteiger partial charge in [-0.1, -0.05) is 62.0 Å². The minimum absolute atomic E-state index is 0.00980. The lowest BCUT2D eigenvalue weighted by atomic mass is 9.96. The standard InChI is InChI=1S/C27H37N5O.C11H17N5O3.C6H5Cl/c1-3-21-7-5-9-24(17-21)32-14-6-8-23(20-32)30-26-18-25(10-13-28-26)31-15-11-22(12-16-31)19-29-27(33)4-2;1-2-10(18)16-6-8(13)7(5-12)11(19)15-4-3-9(14)17;7-6-4-2-1-3-5-6/h4-5,7,9-10,13,17-18,22-23H,2-3,6,8,11-12,14-16,19-20H2,1H3,(H,28,30)(H,29,33);2,5,12H,1,3-4,6,13H2,(H2,14,17)(H,15,19)(H,16,18);1-5H/b;8-7+,12-5?;. The molecule has 3 aromatic rings. The van der Waals surface area contributed by atoms with Crippen molar-refractivity contribution in [1.82, 2.24) is 20.9 Å². The third kappa shape index (κ3) is 17.5. The smallest absolute Gasteiger partial charge is 0.254 e. The summed E-state index contributed by atoms with van der Waals surface area (Å²) in [6.45, 7) is 13.8. The number of aromatic nitrogens is 1. The summed E-state index contributed by atoms with van der Waals surface area (Å²) in [6.07, 6.45) is 10.7. The Labute approximate surface area is 353 Å². The number of amides is 4. The van der Waals surface area contributed by atoms with E-state index in [0.29, 0.717) is 12.0 Å². The maximum Gasteiger partial charge on any atom is 0.254 e. The van der Waals surface area contributed by atoms with E-state index < -0.39 is 17.7 Å². The summed E-state index contributed by atoms with van der Waals surface area (Å²) < 4.78 is 0. The van der Waals surface area contributed by atoms with Crippen molar-refractivity contribution in [3.05, 3.63) is 120 Å². The zero-order valence-corrected chi connectivity index (χ0v) is 34.7. The molecular weight excluding hydrogens is 768 g/mol. The van der Waals surface area contributed by atoms with Crippen LogP contribution in [0.2, 0.25) is 5.02 Å². The molecule has 2 aliphatic rings. The van der Waals surface area contributed by atoms with Crippen molar-refractivity contribution in [3.8, 4) is 0 Å². The monoisotopic (exact) mass is 826 g/mol. The molecule has 2 fully saturated rings. The molecule has 316 valence electrons. The van der Waals surface area contributed by atoms with E-state index in [-0.39, 0.29) is 36.7 Å². The summed E-state index contributed by atoms with van der Waals surface area (Å²) in [7, 11) is 0. The molecule has 2 aliphatic heterocycles. The number of hydrogen-bond donors (Lipinski definition) is 7. The van der Waals surface area contributed by atoms with E-state index in [1.165, 1.54) is 29.4 Å². The SMILES string of the molecule is C=CC(=O)NC/C(N)=C(/C=N)C(=O)NCCC(N)=O.C=CC(=O)NCC1CCN(c2ccnc(NC3CCCN(c4cccc(CC)c4)C3)c2)CC1.Clc1ccccc1. The van der Waals surface area contributed by atoms with Crippen molar-refractivity contribution in [2.75, 3.05) is 60.9 Å². The van der Waals surface area contributed by atoms with Gasteiger partial charge in [0.25, 0.3) is 5.91 Å². The number of pyridine rings is 1. The van der Waals surface area contributed by atoms with Crippen molar-refractivity contribution in [2.45, 2.75) is 51.5 Å². The van der Waals surface area contributed by atoms with Crippen LogP contribution in [0.15, 0.2) is 110 Å². The quantitative estimate of drug-likeness (QED) is 0.0786. The predicted octanol–water partition coefficient (Wildman–Crippen LogP) is 4.73. The number of aryl methyl sites for hydroxylation is 1. The van der Waals surface area contributed by atoms with Gasteiger partial charge in [0, 0.05) is 92.3 Å². The van der Waals surface area contributed by atoms with E-state index in [4.69, 9.17) is 28.5 Å². The highest BCUT2D eigenvalue weighted by molar-refractivity contribution is 6.30. The van der Waals surface area contributed by atoms with E-state index in [1.807, 2.05) is 36.5 Å². The number of carbonyl (C=O) groups excluding carboxylic acids is 4. The minimum atomic E-state index is -0.610. The number of hydrogen-bond acceptors (Lipinski definition) is 10. The molecule has 1 atom stereocenters. The van der Waals surface area contributed by atoms with Crippen molar-refractivity contribution < 1.29 is 19.2 Å². The second kappa shape index (κ2) is 26.0. The van der Waals surface area contributed by atoms with Gasteiger partial charge in [-0.2, -0.15) is 0 Å². The van der Waals surface area contributed by atoms with Crippen LogP contribution in [-0.2, 0) is 25.6 Å². The number of anilines is 3. The number of benzene rings is 2. The average Bonchev–Trinajstić information content (AvgIpc) is 3.26. The number of rotatable bonds is 16. The zero-order chi connectivity index (χ0) is 43.0. The first-order valence-corrected chi connectivity index (χ1v) is 20.2. The molecule has 59 heavy (non-hydrogen) atoms. The molecule has 0 saturated carbocycles. The maximum atomic E-state index is 11.6. The van der Waals surface area contributed by atoms with Crippen LogP contribution >= 0.6 is 11.6 Å². The summed E-state index contributed by atoms with van der Waals surface area (Å²) in [5, 5.41) is 19.3. The molecule has 15 heteroatoms. The van der Waals surface area contributed by atoms with Gasteiger partial charge in [-0.25, -0.2) is 4.98 Å². The zero-order valence-electron chi connectivity index (χ0n) is 33.9. The Morgan fingerprint density at radius 1 is 0.881 bits per heavy atom. The van der Waals surface area contributed by atoms with E-state index in [0.717, 1.165) is 81.5 Å². The van der Waals surface area contributed by atoms with Gasteiger partial charge in [-0.15, -0.1) is 0 Å². The summed E-state index contributed by atoms with van der Waals surface area (Å²) in [5.41, 5.74) is 14.4. The maximum absolute atomic E-state index is 11.6. The first kappa shape index (κ1) is 47.2. The number of primary amides is 1. The van der Waals surface area contributed by atoms with E-state index in [9.17, 15) is 19.2 Å². The Kier molecular flexibility index (Phi) is 20.8. The van der Waals surface area contributed by atoms with E-state index in [2.05, 4.69) is 92.5 Å². The number of carbonyl (C=O) groups is 4. The molecule has 5 rings (SSSR count). The molecular formula is C44H59ClN10O4. The fourth-order valence-corrected chi connectivity index (χ4v) is 6.53. The first-order valence-electron chi connectivity index (χ1n) is 19.8. The van der Waals surface area contributed by atoms with Crippen LogP contribution in [0.4, 0.5) is 17.2 Å². The summed E-state index contributed by atoms with van der Waals surface area (Å²) >= 11 is 5.54. The third-order valence-corrected chi connectivity index (χ3v) is 9.95. The van der Waals surface area contributed by atoms with E-state index in [1.54, 1.807) is 0 Å². The van der Waals surface area contributed by atoms with Crippen LogP contribution in [0.5, 0.6) is 0 Å². The lowest BCUT2D eigenvalue weighted by Crippen LogP contribution is -2.42. The second-order valence-corrected chi connectivity index (χ2v) is 14.4. The highest BCUT2D eigenvalue weighted by Gasteiger charge is 2.23. The van der Waals surface area contributed by atoms with Crippen LogP contribution in [0.1, 0.15) is 44.6 Å². The van der Waals surface area contributed by atoms with Crippen molar-refractivity contribution >= 4 is 58.6 Å². The molecule has 14 nitrogen and oxygen atoms in total. The number of nitrogens with two attached hydrogens (primary N) is 2. The molecule has 0 aliphatic carbocycles. The molecule has 3 heterocycles. The predicted molar refractivity (Wildman–Crippen MR) is 239 cm³/mol. The Hall–Kier alpha value is -6.15. The normalized spacial score (nSPS) is 15.3. The third-order valence-electron chi connectivity index (χ3n) is 9.69. The average molecular weight is 827 g/mol. The van der Waals surface area contributed by atoms with Crippen molar-refractivity contribution in [3.63, 3.8) is 0 Å². The Morgan fingerprint density at radius 2 is 1.58 bits per heavy atom. The molecule has 1 unspecified atom stereocenters. The van der Waals surface area contributed by atoms with Crippen molar-refractivity contribution in [2.24, 2.45) is 17.4 Å². The lowest BCUT2D eigenvalue weighted by molar-refractivity contribution is -0.119. The first-order chi connectivity index (χ1) is 28.5. The topological polar surface area (TPSA) is 212 Å². The van der Waals surface area contributed by atoms with Gasteiger partial charge in [-0.05, 0) is 86.1 Å². The molecule has 0 bridgehead atoms. The van der Waals surface area contributed by atoms with Gasteiger partial charge in [0.15, 0.2) is 0 Å². The molecule has 2 aromatic carbocycles. The Balaban J connectivity index is 0.000000300. The second-order valence-electron chi connectivity index (χ2n) is 14.0. The minimum Gasteiger partial charge on any atom is -0.400 e. The van der Waals surface area contributed by atoms with Gasteiger partial charge in [-0.3, -0.25) is 19.2 Å². The molecule has 0 spiro atoms. The van der Waals surface area contributed by atoms with Gasteiger partial charge in [0.2, 0.25) is 17.7 Å². The van der Waals surface area contributed by atoms with Crippen LogP contribution in [0, 0.1) is 11.3 Å². The number of piperidine rings is 2. The fraction of sp³-hybridized carbons (Fsp3) is 0.364. The van der Waals surface area contributed by atoms with Crippen molar-refractivity contribution in [1.29, 1.82) is 5.41 Å². The summed E-state index contributed by atoms with van der Waals surface area (Å²) in [6, 6.07) is 23.1. The summed E-state index contributed by atoms with van der Waals surface area (Å²) in [4.78, 5) is 54.0. The van der Waals surface area contributed by atoms with Crippen LogP contribution in [-0.4, -0.2) is 86.7 Å². The largest absolute Gasteiger partial charge is 0.400 e. The van der Waals surface area contributed by atoms with Crippen LogP contribution in [0.3, 0.4) is 0 Å². The van der Waals surface area contributed by atoms with E-state index >= 15 is 0 Å². The highest BCUT2D eigenvalue weighted by atomic mass is 35.5. The number of halogens is 1. The van der Waals surface area contributed by atoms with Gasteiger partial charge in [0.1, 0.15) is 5.82 Å². The molecule has 2 saturated heterocycles. The number of nitrogens with zero attached hydrogens (tertiary/aromatic N) is 3. The fourth-order valence-electron chi connectivity index (χ4n) is 6.38. The lowest BCUT2D eigenvalue weighted by Gasteiger charge is -2.36. The summed E-state index contributed by atoms with van der Waals surface area (Å²) in [5.74, 6) is -0.192. The molecule has 4 amide bonds. The van der Waals surface area contributed by atoms with Crippen LogP contribution < -0.4 is 42.5 Å². The highest BCUT2D eigenvalue weighted by Crippen LogP contribution is 2.27. The Bertz CT molecular complexity index is 1880. The molecule has 1 aromatic heterocycles. The number of nitrogens with one attached hydrogen (secondary N) is 5. The van der Waals surface area contributed by atoms with Gasteiger partial charge >= 0.3 is 0 Å². The Morgan fingerprint density at radius 3 is 2.20 bits per heavy atom.